The van der Waals surface area contributed by atoms with Gasteiger partial charge in [-0.05, 0) is 26.0 Å². The van der Waals surface area contributed by atoms with Gasteiger partial charge >= 0.3 is 17.9 Å². The first-order chi connectivity index (χ1) is 9.61. The summed E-state index contributed by atoms with van der Waals surface area (Å²) in [7, 11) is 0. The number of aliphatic hydroxyl groups is 1. The Morgan fingerprint density at radius 3 is 2.43 bits per heavy atom. The average molecular weight is 305 g/mol. The van der Waals surface area contributed by atoms with E-state index in [9.17, 15) is 27.9 Å². The number of nitrogens with one attached hydrogen (secondary N) is 1. The van der Waals surface area contributed by atoms with Gasteiger partial charge in [0.2, 0.25) is 0 Å². The molecule has 0 bridgehead atoms. The third-order valence-corrected chi connectivity index (χ3v) is 2.56. The summed E-state index contributed by atoms with van der Waals surface area (Å²) in [4.78, 5) is 23.1. The van der Waals surface area contributed by atoms with Gasteiger partial charge in [0.1, 0.15) is 0 Å². The fourth-order valence-corrected chi connectivity index (χ4v) is 1.50. The van der Waals surface area contributed by atoms with E-state index >= 15 is 0 Å². The minimum atomic E-state index is -5.42. The quantitative estimate of drug-likeness (QED) is 0.653. The zero-order valence-corrected chi connectivity index (χ0v) is 11.3. The summed E-state index contributed by atoms with van der Waals surface area (Å²) in [6.45, 7) is 2.53. The number of benzene rings is 1. The standard InChI is InChI=1S/C13H14F3NO4/c1-3-21-11(19)12(20,13(14,15)16)17-10(18)9-6-4-5-8(2)7-9/h4-7,20H,3H2,1-2H3,(H,17,18)/t12-/m1/s1. The Morgan fingerprint density at radius 2 is 1.95 bits per heavy atom. The fourth-order valence-electron chi connectivity index (χ4n) is 1.50. The zero-order valence-electron chi connectivity index (χ0n) is 11.3. The van der Waals surface area contributed by atoms with Crippen LogP contribution in [-0.4, -0.2) is 35.5 Å². The maximum atomic E-state index is 12.9. The molecule has 116 valence electrons. The van der Waals surface area contributed by atoms with Crippen molar-refractivity contribution in [1.29, 1.82) is 0 Å². The lowest BCUT2D eigenvalue weighted by molar-refractivity contribution is -0.269. The molecule has 1 rings (SSSR count). The molecule has 5 nitrogen and oxygen atoms in total. The molecule has 21 heavy (non-hydrogen) atoms. The van der Waals surface area contributed by atoms with Crippen molar-refractivity contribution in [3.05, 3.63) is 35.4 Å². The molecule has 0 unspecified atom stereocenters. The highest BCUT2D eigenvalue weighted by Crippen LogP contribution is 2.29. The van der Waals surface area contributed by atoms with Gasteiger partial charge in [-0.25, -0.2) is 4.79 Å². The maximum Gasteiger partial charge on any atom is 0.448 e. The first-order valence-corrected chi connectivity index (χ1v) is 5.97. The number of ether oxygens (including phenoxy) is 1. The first kappa shape index (κ1) is 17.0. The van der Waals surface area contributed by atoms with Gasteiger partial charge in [-0.15, -0.1) is 0 Å². The monoisotopic (exact) mass is 305 g/mol. The Morgan fingerprint density at radius 1 is 1.33 bits per heavy atom. The summed E-state index contributed by atoms with van der Waals surface area (Å²) in [5, 5.41) is 10.8. The Bertz CT molecular complexity index is 544. The molecule has 0 aliphatic heterocycles. The van der Waals surface area contributed by atoms with Gasteiger partial charge in [0.05, 0.1) is 6.61 Å². The molecule has 8 heteroatoms. The lowest BCUT2D eigenvalue weighted by Gasteiger charge is -2.28. The molecule has 0 spiro atoms. The van der Waals surface area contributed by atoms with Gasteiger partial charge in [-0.3, -0.25) is 4.79 Å². The third-order valence-electron chi connectivity index (χ3n) is 2.56. The largest absolute Gasteiger partial charge is 0.462 e. The van der Waals surface area contributed by atoms with Crippen molar-refractivity contribution >= 4 is 11.9 Å². The van der Waals surface area contributed by atoms with E-state index in [2.05, 4.69) is 4.74 Å². The summed E-state index contributed by atoms with van der Waals surface area (Å²) >= 11 is 0. The van der Waals surface area contributed by atoms with Crippen LogP contribution in [0.15, 0.2) is 24.3 Å². The number of carbonyl (C=O) groups is 2. The lowest BCUT2D eigenvalue weighted by Crippen LogP contribution is -2.64. The number of aryl methyl sites for hydroxylation is 1. The number of hydrogen-bond acceptors (Lipinski definition) is 4. The van der Waals surface area contributed by atoms with Gasteiger partial charge in [0.25, 0.3) is 5.91 Å². The van der Waals surface area contributed by atoms with Gasteiger partial charge in [0, 0.05) is 5.56 Å². The Labute approximate surface area is 118 Å². The van der Waals surface area contributed by atoms with Crippen molar-refractivity contribution in [3.63, 3.8) is 0 Å². The highest BCUT2D eigenvalue weighted by atomic mass is 19.4. The molecular formula is C13H14F3NO4. The van der Waals surface area contributed by atoms with Gasteiger partial charge in [0.15, 0.2) is 0 Å². The van der Waals surface area contributed by atoms with Crippen LogP contribution in [0.1, 0.15) is 22.8 Å². The Kier molecular flexibility index (Phi) is 4.95. The summed E-state index contributed by atoms with van der Waals surface area (Å²) in [5.74, 6) is -3.23. The molecule has 1 aromatic rings. The van der Waals surface area contributed by atoms with Crippen molar-refractivity contribution in [2.24, 2.45) is 0 Å². The minimum absolute atomic E-state index is 0.123. The molecule has 0 saturated heterocycles. The molecule has 0 aromatic heterocycles. The second-order valence-electron chi connectivity index (χ2n) is 4.25. The van der Waals surface area contributed by atoms with E-state index in [0.29, 0.717) is 5.56 Å². The van der Waals surface area contributed by atoms with Crippen molar-refractivity contribution in [2.75, 3.05) is 6.61 Å². The highest BCUT2D eigenvalue weighted by molar-refractivity contribution is 5.98. The lowest BCUT2D eigenvalue weighted by atomic mass is 10.1. The van der Waals surface area contributed by atoms with Crippen LogP contribution in [-0.2, 0) is 9.53 Å². The van der Waals surface area contributed by atoms with Crippen molar-refractivity contribution in [1.82, 2.24) is 5.32 Å². The molecule has 0 aliphatic carbocycles. The van der Waals surface area contributed by atoms with Crippen LogP contribution in [0.5, 0.6) is 0 Å². The summed E-state index contributed by atoms with van der Waals surface area (Å²) in [6, 6.07) is 5.67. The van der Waals surface area contributed by atoms with Crippen molar-refractivity contribution in [3.8, 4) is 0 Å². The van der Waals surface area contributed by atoms with Crippen LogP contribution >= 0.6 is 0 Å². The Hall–Kier alpha value is -2.09. The molecule has 2 N–H and O–H groups in total. The second kappa shape index (κ2) is 6.13. The molecule has 1 aromatic carbocycles. The van der Waals surface area contributed by atoms with Gasteiger partial charge < -0.3 is 15.2 Å². The molecule has 1 atom stereocenters. The number of amides is 1. The Balaban J connectivity index is 3.08. The highest BCUT2D eigenvalue weighted by Gasteiger charge is 2.62. The number of alkyl halides is 3. The number of hydrogen-bond donors (Lipinski definition) is 2. The van der Waals surface area contributed by atoms with Crippen LogP contribution in [0.25, 0.3) is 0 Å². The number of halogens is 3. The van der Waals surface area contributed by atoms with E-state index in [1.165, 1.54) is 30.4 Å². The van der Waals surface area contributed by atoms with Crippen LogP contribution in [0.2, 0.25) is 0 Å². The fraction of sp³-hybridized carbons (Fsp3) is 0.385. The SMILES string of the molecule is CCOC(=O)[C@](O)(NC(=O)c1cccc(C)c1)C(F)(F)F. The molecule has 0 fully saturated rings. The summed E-state index contributed by atoms with van der Waals surface area (Å²) in [5.41, 5.74) is -3.58. The maximum absolute atomic E-state index is 12.9. The second-order valence-corrected chi connectivity index (χ2v) is 4.25. The van der Waals surface area contributed by atoms with E-state index in [1.54, 1.807) is 13.0 Å². The molecule has 0 radical (unpaired) electrons. The van der Waals surface area contributed by atoms with Crippen LogP contribution in [0, 0.1) is 6.92 Å². The van der Waals surface area contributed by atoms with Gasteiger partial charge in [-0.2, -0.15) is 13.2 Å². The zero-order chi connectivity index (χ0) is 16.3. The predicted octanol–water partition coefficient (Wildman–Crippen LogP) is 1.54. The smallest absolute Gasteiger partial charge is 0.448 e. The molecule has 1 amide bonds. The van der Waals surface area contributed by atoms with Crippen molar-refractivity contribution in [2.45, 2.75) is 25.7 Å². The number of carbonyl (C=O) groups excluding carboxylic acids is 2. The third kappa shape index (κ3) is 3.72. The van der Waals surface area contributed by atoms with Crippen LogP contribution < -0.4 is 5.32 Å². The van der Waals surface area contributed by atoms with Crippen LogP contribution in [0.3, 0.4) is 0 Å². The van der Waals surface area contributed by atoms with E-state index in [-0.39, 0.29) is 12.2 Å². The van der Waals surface area contributed by atoms with E-state index in [1.807, 2.05) is 0 Å². The summed E-state index contributed by atoms with van der Waals surface area (Å²) in [6.07, 6.45) is -5.42. The van der Waals surface area contributed by atoms with E-state index in [0.717, 1.165) is 0 Å². The topological polar surface area (TPSA) is 75.6 Å². The predicted molar refractivity (Wildman–Crippen MR) is 66.3 cm³/mol. The van der Waals surface area contributed by atoms with Crippen LogP contribution in [0.4, 0.5) is 13.2 Å². The van der Waals surface area contributed by atoms with E-state index < -0.39 is 23.8 Å². The number of rotatable bonds is 4. The normalized spacial score (nSPS) is 14.2. The average Bonchev–Trinajstić information content (AvgIpc) is 2.37. The molecule has 0 heterocycles. The molecular weight excluding hydrogens is 291 g/mol. The molecule has 0 aliphatic rings. The number of esters is 1. The minimum Gasteiger partial charge on any atom is -0.462 e. The van der Waals surface area contributed by atoms with Crippen molar-refractivity contribution < 1.29 is 32.6 Å². The molecule has 0 saturated carbocycles. The summed E-state index contributed by atoms with van der Waals surface area (Å²) < 4.78 is 42.8. The van der Waals surface area contributed by atoms with Gasteiger partial charge in [-0.1, -0.05) is 17.7 Å². The first-order valence-electron chi connectivity index (χ1n) is 5.97. The van der Waals surface area contributed by atoms with E-state index in [4.69, 9.17) is 0 Å².